The van der Waals surface area contributed by atoms with Crippen LogP contribution in [0.15, 0.2) is 182 Å². The van der Waals surface area contributed by atoms with Gasteiger partial charge in [0.1, 0.15) is 0 Å². The van der Waals surface area contributed by atoms with Gasteiger partial charge in [0.25, 0.3) is 0 Å². The van der Waals surface area contributed by atoms with E-state index in [1.807, 2.05) is 6.07 Å². The zero-order valence-electron chi connectivity index (χ0n) is 24.8. The highest BCUT2D eigenvalue weighted by Crippen LogP contribution is 2.40. The molecule has 0 fully saturated rings. The van der Waals surface area contributed by atoms with Crippen molar-refractivity contribution >= 4 is 38.6 Å². The lowest BCUT2D eigenvalue weighted by molar-refractivity contribution is 0.524. The van der Waals surface area contributed by atoms with Gasteiger partial charge < -0.3 is 9.80 Å². The quantitative estimate of drug-likeness (QED) is 0.163. The molecule has 0 unspecified atom stereocenters. The maximum Gasteiger partial charge on any atom is 0.0646 e. The Balaban J connectivity index is 1.44. The van der Waals surface area contributed by atoms with Crippen LogP contribution in [0, 0.1) is 0 Å². The van der Waals surface area contributed by atoms with E-state index in [-0.39, 0.29) is 5.54 Å². The Labute approximate surface area is 255 Å². The van der Waals surface area contributed by atoms with Gasteiger partial charge in [-0.3, -0.25) is 0 Å². The Hall–Kier alpha value is -5.34. The maximum atomic E-state index is 4.64. The molecule has 0 aromatic heterocycles. The molecule has 2 nitrogen and oxygen atoms in total. The Morgan fingerprint density at radius 3 is 1.60 bits per heavy atom. The number of anilines is 3. The van der Waals surface area contributed by atoms with Gasteiger partial charge in [0.15, 0.2) is 0 Å². The molecule has 6 aromatic carbocycles. The van der Waals surface area contributed by atoms with Crippen molar-refractivity contribution in [1.82, 2.24) is 0 Å². The average molecular weight is 557 g/mol. The second-order valence-electron chi connectivity index (χ2n) is 11.2. The summed E-state index contributed by atoms with van der Waals surface area (Å²) in [7, 11) is 0. The molecule has 0 atom stereocenters. The van der Waals surface area contributed by atoms with E-state index in [1.165, 1.54) is 27.1 Å². The fraction of sp³-hybridized carbons (Fsp3) is 0.0732. The Morgan fingerprint density at radius 2 is 0.977 bits per heavy atom. The molecule has 0 aliphatic carbocycles. The normalized spacial score (nSPS) is 11.6. The third kappa shape index (κ3) is 5.48. The summed E-state index contributed by atoms with van der Waals surface area (Å²) in [6, 6.07) is 50.9. The van der Waals surface area contributed by atoms with E-state index in [9.17, 15) is 0 Å². The molecule has 2 heteroatoms. The molecule has 210 valence electrons. The number of benzene rings is 6. The standard InChI is InChI=1S/C41H36N2/c1-31(42(36-23-9-6-10-24-36)39-27-15-19-33-17-11-13-25-37(33)39)29-30-32(2)43(41(3,4)35-21-7-5-8-22-35)40-28-16-20-34-18-12-14-26-38(34)40/h5-30H,1-2H2,3-4H3/b30-29-. The predicted molar refractivity (Wildman–Crippen MR) is 186 cm³/mol. The molecule has 0 radical (unpaired) electrons. The molecule has 6 aromatic rings. The Kier molecular flexibility index (Phi) is 7.68. The molecule has 0 saturated heterocycles. The van der Waals surface area contributed by atoms with Gasteiger partial charge in [-0.15, -0.1) is 0 Å². The van der Waals surface area contributed by atoms with Gasteiger partial charge >= 0.3 is 0 Å². The Bertz CT molecular complexity index is 1920. The van der Waals surface area contributed by atoms with Crippen molar-refractivity contribution < 1.29 is 0 Å². The van der Waals surface area contributed by atoms with Crippen LogP contribution in [0.4, 0.5) is 17.1 Å². The van der Waals surface area contributed by atoms with E-state index in [4.69, 9.17) is 0 Å². The van der Waals surface area contributed by atoms with Gasteiger partial charge in [-0.25, -0.2) is 0 Å². The summed E-state index contributed by atoms with van der Waals surface area (Å²) < 4.78 is 0. The summed E-state index contributed by atoms with van der Waals surface area (Å²) in [6.07, 6.45) is 4.17. The second-order valence-corrected chi connectivity index (χ2v) is 11.2. The van der Waals surface area contributed by atoms with Crippen LogP contribution in [-0.2, 0) is 5.54 Å². The van der Waals surface area contributed by atoms with Crippen LogP contribution in [0.3, 0.4) is 0 Å². The minimum atomic E-state index is -0.386. The van der Waals surface area contributed by atoms with Crippen molar-refractivity contribution in [3.05, 3.63) is 188 Å². The van der Waals surface area contributed by atoms with Crippen molar-refractivity contribution in [2.24, 2.45) is 0 Å². The topological polar surface area (TPSA) is 6.48 Å². The number of allylic oxidation sites excluding steroid dienone is 2. The highest BCUT2D eigenvalue weighted by atomic mass is 15.2. The van der Waals surface area contributed by atoms with Crippen molar-refractivity contribution in [3.63, 3.8) is 0 Å². The third-order valence-corrected chi connectivity index (χ3v) is 8.11. The minimum absolute atomic E-state index is 0.386. The first kappa shape index (κ1) is 27.8. The lowest BCUT2D eigenvalue weighted by atomic mass is 9.90. The van der Waals surface area contributed by atoms with Gasteiger partial charge in [0.2, 0.25) is 0 Å². The molecule has 0 saturated carbocycles. The van der Waals surface area contributed by atoms with Crippen LogP contribution in [0.1, 0.15) is 19.4 Å². The Morgan fingerprint density at radius 1 is 0.512 bits per heavy atom. The molecular formula is C41H36N2. The fourth-order valence-electron chi connectivity index (χ4n) is 5.97. The number of fused-ring (bicyclic) bond motifs is 2. The highest BCUT2D eigenvalue weighted by Gasteiger charge is 2.31. The van der Waals surface area contributed by atoms with Crippen LogP contribution in [0.25, 0.3) is 21.5 Å². The number of rotatable bonds is 9. The molecular weight excluding hydrogens is 520 g/mol. The molecule has 0 N–H and O–H groups in total. The number of nitrogens with zero attached hydrogens (tertiary/aromatic N) is 2. The lowest BCUT2D eigenvalue weighted by Crippen LogP contribution is -2.40. The lowest BCUT2D eigenvalue weighted by Gasteiger charge is -2.42. The zero-order valence-corrected chi connectivity index (χ0v) is 24.8. The van der Waals surface area contributed by atoms with E-state index in [2.05, 4.69) is 188 Å². The summed E-state index contributed by atoms with van der Waals surface area (Å²) in [5, 5.41) is 4.74. The van der Waals surface area contributed by atoms with Crippen molar-refractivity contribution in [1.29, 1.82) is 0 Å². The number of para-hydroxylation sites is 1. The van der Waals surface area contributed by atoms with E-state index in [0.29, 0.717) is 0 Å². The van der Waals surface area contributed by atoms with E-state index in [0.717, 1.165) is 28.5 Å². The average Bonchev–Trinajstić information content (AvgIpc) is 3.05. The van der Waals surface area contributed by atoms with Crippen molar-refractivity contribution in [3.8, 4) is 0 Å². The second kappa shape index (κ2) is 11.9. The third-order valence-electron chi connectivity index (χ3n) is 8.11. The molecule has 0 amide bonds. The molecule has 0 spiro atoms. The number of hydrogen-bond donors (Lipinski definition) is 0. The van der Waals surface area contributed by atoms with Gasteiger partial charge in [-0.05, 0) is 66.6 Å². The fourth-order valence-corrected chi connectivity index (χ4v) is 5.97. The first-order chi connectivity index (χ1) is 20.9. The van der Waals surface area contributed by atoms with E-state index >= 15 is 0 Å². The van der Waals surface area contributed by atoms with Crippen LogP contribution in [-0.4, -0.2) is 0 Å². The first-order valence-electron chi connectivity index (χ1n) is 14.7. The zero-order chi connectivity index (χ0) is 29.8. The van der Waals surface area contributed by atoms with Gasteiger partial charge in [-0.1, -0.05) is 134 Å². The molecule has 0 heterocycles. The first-order valence-corrected chi connectivity index (χ1v) is 14.7. The van der Waals surface area contributed by atoms with Crippen LogP contribution < -0.4 is 9.80 Å². The van der Waals surface area contributed by atoms with Gasteiger partial charge in [0.05, 0.1) is 11.2 Å². The number of hydrogen-bond acceptors (Lipinski definition) is 2. The molecule has 0 bridgehead atoms. The summed E-state index contributed by atoms with van der Waals surface area (Å²) in [5.41, 5.74) is 5.79. The largest absolute Gasteiger partial charge is 0.332 e. The monoisotopic (exact) mass is 556 g/mol. The van der Waals surface area contributed by atoms with Crippen molar-refractivity contribution in [2.45, 2.75) is 19.4 Å². The van der Waals surface area contributed by atoms with Crippen LogP contribution >= 0.6 is 0 Å². The highest BCUT2D eigenvalue weighted by molar-refractivity contribution is 5.98. The van der Waals surface area contributed by atoms with Crippen LogP contribution in [0.5, 0.6) is 0 Å². The molecule has 43 heavy (non-hydrogen) atoms. The SMILES string of the molecule is C=C(/C=C\C(=C)N(c1cccc2ccccc12)C(C)(C)c1ccccc1)N(c1ccccc1)c1cccc2ccccc12. The molecule has 6 rings (SSSR count). The minimum Gasteiger partial charge on any atom is -0.332 e. The summed E-state index contributed by atoms with van der Waals surface area (Å²) in [6.45, 7) is 13.7. The smallest absolute Gasteiger partial charge is 0.0646 e. The van der Waals surface area contributed by atoms with Gasteiger partial charge in [0, 0.05) is 33.5 Å². The van der Waals surface area contributed by atoms with Crippen LogP contribution in [0.2, 0.25) is 0 Å². The maximum absolute atomic E-state index is 4.64. The van der Waals surface area contributed by atoms with E-state index in [1.54, 1.807) is 0 Å². The summed E-state index contributed by atoms with van der Waals surface area (Å²) >= 11 is 0. The molecule has 0 aliphatic heterocycles. The summed E-state index contributed by atoms with van der Waals surface area (Å²) in [5.74, 6) is 0. The predicted octanol–water partition coefficient (Wildman–Crippen LogP) is 11.2. The van der Waals surface area contributed by atoms with Gasteiger partial charge in [-0.2, -0.15) is 0 Å². The van der Waals surface area contributed by atoms with E-state index < -0.39 is 0 Å². The van der Waals surface area contributed by atoms with Crippen molar-refractivity contribution in [2.75, 3.05) is 9.80 Å². The summed E-state index contributed by atoms with van der Waals surface area (Å²) in [4.78, 5) is 4.57. The molecule has 0 aliphatic rings.